The largest absolute Gasteiger partial charge is 0.461 e. The number of rotatable bonds is 6. The monoisotopic (exact) mass is 419 g/mol. The van der Waals surface area contributed by atoms with Crippen LogP contribution in [0.3, 0.4) is 0 Å². The molecule has 6 nitrogen and oxygen atoms in total. The van der Waals surface area contributed by atoms with Gasteiger partial charge in [0.1, 0.15) is 5.69 Å². The number of nitrogens with one attached hydrogen (secondary N) is 2. The minimum atomic E-state index is -0.351. The lowest BCUT2D eigenvalue weighted by Gasteiger charge is -2.34. The van der Waals surface area contributed by atoms with Gasteiger partial charge in [-0.25, -0.2) is 4.79 Å². The average Bonchev–Trinajstić information content (AvgIpc) is 3.36. The van der Waals surface area contributed by atoms with E-state index in [4.69, 9.17) is 4.74 Å². The molecule has 2 aliphatic heterocycles. The van der Waals surface area contributed by atoms with Crippen molar-refractivity contribution in [1.29, 1.82) is 0 Å². The summed E-state index contributed by atoms with van der Waals surface area (Å²) in [4.78, 5) is 30.5. The van der Waals surface area contributed by atoms with Gasteiger partial charge in [-0.2, -0.15) is 0 Å². The van der Waals surface area contributed by atoms with Crippen LogP contribution in [0.15, 0.2) is 24.3 Å². The van der Waals surface area contributed by atoms with Gasteiger partial charge in [0.15, 0.2) is 5.78 Å². The lowest BCUT2D eigenvalue weighted by molar-refractivity contribution is -0.121. The Kier molecular flexibility index (Phi) is 7.33. The summed E-state index contributed by atoms with van der Waals surface area (Å²) in [6.45, 7) is 5.28. The van der Waals surface area contributed by atoms with Gasteiger partial charge in [0.05, 0.1) is 12.6 Å². The summed E-state index contributed by atoms with van der Waals surface area (Å²) < 4.78 is 5.05. The number of nitrogens with zero attached hydrogens (tertiary/aromatic N) is 1. The predicted molar refractivity (Wildman–Crippen MR) is 116 cm³/mol. The molecule has 2 atom stereocenters. The van der Waals surface area contributed by atoms with Crippen molar-refractivity contribution in [2.75, 3.05) is 26.2 Å². The highest BCUT2D eigenvalue weighted by Gasteiger charge is 2.36. The molecule has 2 fully saturated rings. The quantitative estimate of drug-likeness (QED) is 0.704. The van der Waals surface area contributed by atoms with E-state index in [1.165, 1.54) is 19.3 Å². The molecule has 2 N–H and O–H groups in total. The maximum absolute atomic E-state index is 13.0. The number of hydrogen-bond acceptors (Lipinski definition) is 5. The summed E-state index contributed by atoms with van der Waals surface area (Å²) in [6.07, 6.45) is 5.25. The van der Waals surface area contributed by atoms with E-state index in [1.54, 1.807) is 13.0 Å². The van der Waals surface area contributed by atoms with E-state index < -0.39 is 0 Å². The zero-order valence-electron chi connectivity index (χ0n) is 16.9. The fourth-order valence-electron chi connectivity index (χ4n) is 4.58. The molecule has 1 aromatic carbocycles. The van der Waals surface area contributed by atoms with Gasteiger partial charge in [-0.15, -0.1) is 12.4 Å². The van der Waals surface area contributed by atoms with Crippen molar-refractivity contribution < 1.29 is 14.3 Å². The van der Waals surface area contributed by atoms with Crippen LogP contribution in [0.5, 0.6) is 0 Å². The number of esters is 1. The van der Waals surface area contributed by atoms with Crippen LogP contribution in [-0.2, 0) is 16.0 Å². The molecular weight excluding hydrogens is 390 g/mol. The molecule has 0 bridgehead atoms. The first kappa shape index (κ1) is 21.8. The second kappa shape index (κ2) is 9.74. The Morgan fingerprint density at radius 3 is 2.72 bits per heavy atom. The van der Waals surface area contributed by atoms with Crippen LogP contribution in [0.1, 0.15) is 48.7 Å². The number of aromatic nitrogens is 1. The molecular formula is C22H30ClN3O3. The molecule has 0 saturated carbocycles. The molecule has 1 aromatic heterocycles. The Balaban J connectivity index is 0.00000240. The first-order chi connectivity index (χ1) is 13.7. The summed E-state index contributed by atoms with van der Waals surface area (Å²) in [5.74, 6) is -0.0931. The molecule has 0 aliphatic carbocycles. The number of aromatic amines is 1. The van der Waals surface area contributed by atoms with Crippen LogP contribution in [0, 0.1) is 0 Å². The predicted octanol–water partition coefficient (Wildman–Crippen LogP) is 3.09. The van der Waals surface area contributed by atoms with Gasteiger partial charge in [-0.1, -0.05) is 12.5 Å². The van der Waals surface area contributed by atoms with Crippen LogP contribution < -0.4 is 5.32 Å². The van der Waals surface area contributed by atoms with Gasteiger partial charge in [0.25, 0.3) is 0 Å². The summed E-state index contributed by atoms with van der Waals surface area (Å²) in [7, 11) is 0. The SMILES string of the molecule is CCOC(=O)c1cc2cc(CC(=O)[C@H]3NCC[C@H]3N3CCCCC3)ccc2[nH]1.Cl. The minimum Gasteiger partial charge on any atom is -0.461 e. The van der Waals surface area contributed by atoms with Gasteiger partial charge >= 0.3 is 5.97 Å². The van der Waals surface area contributed by atoms with Crippen LogP contribution >= 0.6 is 12.4 Å². The molecule has 0 unspecified atom stereocenters. The second-order valence-electron chi connectivity index (χ2n) is 7.85. The van der Waals surface area contributed by atoms with E-state index in [0.29, 0.717) is 24.8 Å². The van der Waals surface area contributed by atoms with Crippen molar-refractivity contribution in [3.63, 3.8) is 0 Å². The highest BCUT2D eigenvalue weighted by Crippen LogP contribution is 2.23. The Labute approximate surface area is 177 Å². The Morgan fingerprint density at radius 2 is 1.97 bits per heavy atom. The number of piperidine rings is 1. The number of likely N-dealkylation sites (tertiary alicyclic amines) is 1. The summed E-state index contributed by atoms with van der Waals surface area (Å²) in [5, 5.41) is 4.37. The fourth-order valence-corrected chi connectivity index (χ4v) is 4.58. The van der Waals surface area contributed by atoms with Crippen molar-refractivity contribution in [1.82, 2.24) is 15.2 Å². The zero-order valence-corrected chi connectivity index (χ0v) is 17.7. The average molecular weight is 420 g/mol. The zero-order chi connectivity index (χ0) is 19.5. The van der Waals surface area contributed by atoms with Crippen molar-refractivity contribution in [3.8, 4) is 0 Å². The van der Waals surface area contributed by atoms with Crippen LogP contribution in [0.2, 0.25) is 0 Å². The topological polar surface area (TPSA) is 74.4 Å². The van der Waals surface area contributed by atoms with Crippen molar-refractivity contribution >= 4 is 35.1 Å². The van der Waals surface area contributed by atoms with Gasteiger partial charge < -0.3 is 15.0 Å². The number of ether oxygens (including phenoxy) is 1. The molecule has 29 heavy (non-hydrogen) atoms. The van der Waals surface area contributed by atoms with E-state index in [9.17, 15) is 9.59 Å². The molecule has 2 aliphatic rings. The Bertz CT molecular complexity index is 860. The number of hydrogen-bond donors (Lipinski definition) is 2. The number of H-pyrrole nitrogens is 1. The van der Waals surface area contributed by atoms with Crippen LogP contribution in [0.25, 0.3) is 10.9 Å². The number of ketones is 1. The van der Waals surface area contributed by atoms with E-state index in [1.807, 2.05) is 18.2 Å². The lowest BCUT2D eigenvalue weighted by Crippen LogP contribution is -2.50. The number of benzene rings is 1. The first-order valence-electron chi connectivity index (χ1n) is 10.4. The van der Waals surface area contributed by atoms with Gasteiger partial charge in [-0.05, 0) is 69.6 Å². The molecule has 2 aromatic rings. The number of halogens is 1. The molecule has 0 spiro atoms. The summed E-state index contributed by atoms with van der Waals surface area (Å²) in [6, 6.07) is 7.96. The third-order valence-electron chi connectivity index (χ3n) is 5.95. The highest BCUT2D eigenvalue weighted by molar-refractivity contribution is 5.95. The van der Waals surface area contributed by atoms with E-state index in [2.05, 4.69) is 15.2 Å². The molecule has 0 radical (unpaired) electrons. The maximum Gasteiger partial charge on any atom is 0.354 e. The van der Waals surface area contributed by atoms with E-state index in [-0.39, 0.29) is 30.2 Å². The fraction of sp³-hybridized carbons (Fsp3) is 0.545. The number of fused-ring (bicyclic) bond motifs is 1. The smallest absolute Gasteiger partial charge is 0.354 e. The molecule has 0 amide bonds. The Hall–Kier alpha value is -1.89. The highest BCUT2D eigenvalue weighted by atomic mass is 35.5. The van der Waals surface area contributed by atoms with Crippen LogP contribution in [0.4, 0.5) is 0 Å². The summed E-state index contributed by atoms with van der Waals surface area (Å²) in [5.41, 5.74) is 2.31. The van der Waals surface area contributed by atoms with Gasteiger partial charge in [0, 0.05) is 23.4 Å². The van der Waals surface area contributed by atoms with Gasteiger partial charge in [-0.3, -0.25) is 9.69 Å². The van der Waals surface area contributed by atoms with E-state index in [0.717, 1.165) is 42.5 Å². The van der Waals surface area contributed by atoms with Crippen molar-refractivity contribution in [2.45, 2.75) is 51.1 Å². The molecule has 2 saturated heterocycles. The number of carbonyl (C=O) groups is 2. The maximum atomic E-state index is 13.0. The first-order valence-corrected chi connectivity index (χ1v) is 10.4. The third-order valence-corrected chi connectivity index (χ3v) is 5.95. The van der Waals surface area contributed by atoms with Gasteiger partial charge in [0.2, 0.25) is 0 Å². The Morgan fingerprint density at radius 1 is 1.17 bits per heavy atom. The lowest BCUT2D eigenvalue weighted by atomic mass is 9.96. The normalized spacial score (nSPS) is 22.4. The van der Waals surface area contributed by atoms with Crippen molar-refractivity contribution in [3.05, 3.63) is 35.5 Å². The molecule has 4 rings (SSSR count). The molecule has 158 valence electrons. The molecule has 7 heteroatoms. The number of Topliss-reactive ketones (excluding diaryl/α,β-unsaturated/α-hetero) is 1. The second-order valence-corrected chi connectivity index (χ2v) is 7.85. The molecule has 3 heterocycles. The third kappa shape index (κ3) is 4.82. The summed E-state index contributed by atoms with van der Waals surface area (Å²) >= 11 is 0. The van der Waals surface area contributed by atoms with Crippen LogP contribution in [-0.4, -0.2) is 60.0 Å². The number of carbonyl (C=O) groups excluding carboxylic acids is 2. The standard InChI is InChI=1S/C22H29N3O3.ClH/c1-2-28-22(27)18-14-16-12-15(6-7-17(16)24-18)13-20(26)21-19(8-9-23-21)25-10-4-3-5-11-25;/h6-7,12,14,19,21,23-24H,2-5,8-11,13H2,1H3;1H/t19-,21+;/m1./s1. The minimum absolute atomic E-state index is 0. The van der Waals surface area contributed by atoms with Crippen molar-refractivity contribution in [2.24, 2.45) is 0 Å². The van der Waals surface area contributed by atoms with E-state index >= 15 is 0 Å².